The lowest BCUT2D eigenvalue weighted by Crippen LogP contribution is -2.48. The topological polar surface area (TPSA) is 53.5 Å². The van der Waals surface area contributed by atoms with Crippen LogP contribution in [-0.4, -0.2) is 43.9 Å². The van der Waals surface area contributed by atoms with Crippen molar-refractivity contribution in [2.75, 3.05) is 31.1 Å². The zero-order valence-corrected chi connectivity index (χ0v) is 18.5. The Morgan fingerprint density at radius 1 is 0.967 bits per heavy atom. The van der Waals surface area contributed by atoms with E-state index in [-0.39, 0.29) is 28.0 Å². The van der Waals surface area contributed by atoms with Crippen LogP contribution >= 0.6 is 34.5 Å². The molecule has 0 saturated carbocycles. The molecular weight excluding hydrogens is 475 g/mol. The van der Waals surface area contributed by atoms with Gasteiger partial charge >= 0.3 is 0 Å². The lowest BCUT2D eigenvalue weighted by molar-refractivity contribution is 0.384. The van der Waals surface area contributed by atoms with E-state index in [0.717, 1.165) is 17.3 Å². The van der Waals surface area contributed by atoms with Crippen molar-refractivity contribution in [3.63, 3.8) is 0 Å². The molecule has 2 heterocycles. The van der Waals surface area contributed by atoms with Gasteiger partial charge in [-0.05, 0) is 30.3 Å². The van der Waals surface area contributed by atoms with Crippen LogP contribution < -0.4 is 4.90 Å². The van der Waals surface area contributed by atoms with Crippen LogP contribution in [-0.2, 0) is 10.0 Å². The van der Waals surface area contributed by atoms with Gasteiger partial charge in [-0.25, -0.2) is 22.2 Å². The van der Waals surface area contributed by atoms with Crippen LogP contribution in [0, 0.1) is 11.6 Å². The maximum absolute atomic E-state index is 13.7. The Labute approximate surface area is 186 Å². The highest BCUT2D eigenvalue weighted by Crippen LogP contribution is 2.31. The van der Waals surface area contributed by atoms with Gasteiger partial charge in [-0.15, -0.1) is 11.3 Å². The van der Waals surface area contributed by atoms with Crippen LogP contribution in [0.5, 0.6) is 0 Å². The van der Waals surface area contributed by atoms with Gasteiger partial charge in [0.05, 0.1) is 15.7 Å². The molecule has 1 saturated heterocycles. The van der Waals surface area contributed by atoms with Gasteiger partial charge in [-0.3, -0.25) is 0 Å². The fourth-order valence-electron chi connectivity index (χ4n) is 3.14. The fourth-order valence-corrected chi connectivity index (χ4v) is 6.07. The predicted molar refractivity (Wildman–Crippen MR) is 115 cm³/mol. The van der Waals surface area contributed by atoms with Crippen LogP contribution in [0.3, 0.4) is 0 Å². The summed E-state index contributed by atoms with van der Waals surface area (Å²) in [6.45, 7) is 1.33. The molecule has 1 aliphatic rings. The van der Waals surface area contributed by atoms with E-state index in [1.807, 2.05) is 10.3 Å². The molecule has 1 fully saturated rings. The number of benzene rings is 2. The summed E-state index contributed by atoms with van der Waals surface area (Å²) in [5.74, 6) is -1.11. The second-order valence-electron chi connectivity index (χ2n) is 6.61. The minimum Gasteiger partial charge on any atom is -0.345 e. The number of hydrogen-bond donors (Lipinski definition) is 0. The molecule has 0 bridgehead atoms. The second kappa shape index (κ2) is 8.39. The molecule has 3 aromatic rings. The zero-order chi connectivity index (χ0) is 21.5. The van der Waals surface area contributed by atoms with Gasteiger partial charge in [0.25, 0.3) is 0 Å². The normalized spacial score (nSPS) is 15.5. The van der Waals surface area contributed by atoms with Crippen LogP contribution in [0.4, 0.5) is 13.9 Å². The van der Waals surface area contributed by atoms with Crippen molar-refractivity contribution in [1.29, 1.82) is 0 Å². The zero-order valence-electron chi connectivity index (χ0n) is 15.4. The van der Waals surface area contributed by atoms with Crippen LogP contribution in [0.15, 0.2) is 46.7 Å². The Balaban J connectivity index is 1.47. The average molecular weight is 490 g/mol. The molecule has 4 rings (SSSR count). The smallest absolute Gasteiger partial charge is 0.244 e. The molecular formula is C19H15Cl2F2N3O2S2. The van der Waals surface area contributed by atoms with E-state index >= 15 is 0 Å². The van der Waals surface area contributed by atoms with Gasteiger partial charge in [-0.2, -0.15) is 4.31 Å². The monoisotopic (exact) mass is 489 g/mol. The first kappa shape index (κ1) is 21.5. The molecule has 2 aromatic carbocycles. The van der Waals surface area contributed by atoms with Crippen LogP contribution in [0.25, 0.3) is 11.3 Å². The number of rotatable bonds is 4. The molecule has 0 radical (unpaired) electrons. The number of thiazole rings is 1. The van der Waals surface area contributed by atoms with E-state index in [1.54, 1.807) is 6.07 Å². The molecule has 0 atom stereocenters. The molecule has 11 heteroatoms. The van der Waals surface area contributed by atoms with E-state index in [1.165, 1.54) is 33.8 Å². The van der Waals surface area contributed by atoms with Crippen molar-refractivity contribution in [1.82, 2.24) is 9.29 Å². The molecule has 0 amide bonds. The molecule has 158 valence electrons. The largest absolute Gasteiger partial charge is 0.345 e. The number of anilines is 1. The Kier molecular flexibility index (Phi) is 6.00. The van der Waals surface area contributed by atoms with Crippen LogP contribution in [0.1, 0.15) is 0 Å². The first-order valence-electron chi connectivity index (χ1n) is 8.87. The van der Waals surface area contributed by atoms with E-state index in [2.05, 4.69) is 4.98 Å². The van der Waals surface area contributed by atoms with Crippen molar-refractivity contribution in [3.05, 3.63) is 63.5 Å². The van der Waals surface area contributed by atoms with Crippen molar-refractivity contribution in [2.45, 2.75) is 4.90 Å². The van der Waals surface area contributed by atoms with Crippen molar-refractivity contribution in [2.24, 2.45) is 0 Å². The Morgan fingerprint density at radius 2 is 1.70 bits per heavy atom. The first-order valence-corrected chi connectivity index (χ1v) is 11.9. The summed E-state index contributed by atoms with van der Waals surface area (Å²) in [5.41, 5.74) is 1.24. The van der Waals surface area contributed by atoms with Crippen molar-refractivity contribution >= 4 is 49.7 Å². The van der Waals surface area contributed by atoms with Gasteiger partial charge in [0.15, 0.2) is 5.13 Å². The lowest BCUT2D eigenvalue weighted by atomic mass is 10.2. The van der Waals surface area contributed by atoms with Gasteiger partial charge in [0, 0.05) is 37.1 Å². The Hall–Kier alpha value is -1.78. The first-order chi connectivity index (χ1) is 14.3. The van der Waals surface area contributed by atoms with Gasteiger partial charge in [0.1, 0.15) is 16.5 Å². The minimum atomic E-state index is -3.82. The van der Waals surface area contributed by atoms with E-state index < -0.39 is 21.7 Å². The number of nitrogens with zero attached hydrogens (tertiary/aromatic N) is 3. The summed E-state index contributed by atoms with van der Waals surface area (Å²) in [7, 11) is -3.82. The highest BCUT2D eigenvalue weighted by atomic mass is 35.5. The summed E-state index contributed by atoms with van der Waals surface area (Å²) < 4.78 is 54.0. The van der Waals surface area contributed by atoms with Crippen molar-refractivity contribution < 1.29 is 17.2 Å². The third-order valence-corrected chi connectivity index (χ3v) is 8.32. The van der Waals surface area contributed by atoms with Crippen molar-refractivity contribution in [3.8, 4) is 11.3 Å². The maximum atomic E-state index is 13.7. The highest BCUT2D eigenvalue weighted by Gasteiger charge is 2.31. The van der Waals surface area contributed by atoms with E-state index in [9.17, 15) is 17.2 Å². The van der Waals surface area contributed by atoms with Crippen LogP contribution in [0.2, 0.25) is 10.0 Å². The molecule has 1 aromatic heterocycles. The summed E-state index contributed by atoms with van der Waals surface area (Å²) in [5, 5.41) is 2.45. The van der Waals surface area contributed by atoms with E-state index in [4.69, 9.17) is 23.2 Å². The summed E-state index contributed by atoms with van der Waals surface area (Å²) in [6.07, 6.45) is 0. The summed E-state index contributed by atoms with van der Waals surface area (Å²) in [6, 6.07) is 7.75. The second-order valence-corrected chi connectivity index (χ2v) is 10.2. The number of sulfonamides is 1. The highest BCUT2D eigenvalue weighted by molar-refractivity contribution is 7.89. The summed E-state index contributed by atoms with van der Waals surface area (Å²) >= 11 is 13.1. The molecule has 0 N–H and O–H groups in total. The standard InChI is InChI=1S/C19H15Cl2F2N3O2S2/c20-14-3-1-12(9-16(14)23)17-11-29-19(24-17)25-5-7-26(8-6-25)30(27,28)18-4-2-13(22)10-15(18)21/h1-4,9-11H,5-8H2. The molecule has 0 spiro atoms. The third kappa shape index (κ3) is 4.17. The third-order valence-electron chi connectivity index (χ3n) is 4.73. The molecule has 30 heavy (non-hydrogen) atoms. The minimum absolute atomic E-state index is 0.0489. The predicted octanol–water partition coefficient (Wildman–Crippen LogP) is 4.91. The SMILES string of the molecule is O=S(=O)(c1ccc(F)cc1Cl)N1CCN(c2nc(-c3ccc(Cl)c(F)c3)cs2)CC1. The lowest BCUT2D eigenvalue weighted by Gasteiger charge is -2.33. The van der Waals surface area contributed by atoms with Gasteiger partial charge in [-0.1, -0.05) is 29.3 Å². The van der Waals surface area contributed by atoms with Gasteiger partial charge < -0.3 is 4.90 Å². The molecule has 0 aliphatic carbocycles. The Morgan fingerprint density at radius 3 is 2.37 bits per heavy atom. The number of aromatic nitrogens is 1. The number of piperazine rings is 1. The molecule has 0 unspecified atom stereocenters. The van der Waals surface area contributed by atoms with Gasteiger partial charge in [0.2, 0.25) is 10.0 Å². The maximum Gasteiger partial charge on any atom is 0.244 e. The Bertz CT molecular complexity index is 1200. The molecule has 5 nitrogen and oxygen atoms in total. The van der Waals surface area contributed by atoms with E-state index in [0.29, 0.717) is 24.3 Å². The number of hydrogen-bond acceptors (Lipinski definition) is 5. The summed E-state index contributed by atoms with van der Waals surface area (Å²) in [4.78, 5) is 6.41. The fraction of sp³-hybridized carbons (Fsp3) is 0.211. The molecule has 1 aliphatic heterocycles. The quantitative estimate of drug-likeness (QED) is 0.522. The average Bonchev–Trinajstić information content (AvgIpc) is 3.20. The number of halogens is 4.